The molecule has 206 valence electrons. The van der Waals surface area contributed by atoms with Gasteiger partial charge in [0.15, 0.2) is 12.4 Å². The van der Waals surface area contributed by atoms with Gasteiger partial charge in [0.05, 0.1) is 13.2 Å². The van der Waals surface area contributed by atoms with Crippen LogP contribution in [-0.4, -0.2) is 89.0 Å². The molecule has 0 spiro atoms. The molecule has 10 heteroatoms. The van der Waals surface area contributed by atoms with Crippen LogP contribution < -0.4 is 0 Å². The maximum Gasteiger partial charge on any atom is 0.306 e. The Morgan fingerprint density at radius 3 is 1.91 bits per heavy atom. The molecule has 0 aromatic heterocycles. The number of unbranched alkanes of at least 4 members (excludes halogenated alkanes) is 8. The summed E-state index contributed by atoms with van der Waals surface area (Å²) in [5.74, 6) is -0.838. The molecule has 1 aliphatic heterocycles. The molecular formula is C25H46O10. The van der Waals surface area contributed by atoms with Crippen molar-refractivity contribution in [1.29, 1.82) is 0 Å². The molecule has 1 fully saturated rings. The zero-order chi connectivity index (χ0) is 26.1. The van der Waals surface area contributed by atoms with Crippen molar-refractivity contribution in [1.82, 2.24) is 0 Å². The van der Waals surface area contributed by atoms with Crippen molar-refractivity contribution in [3.63, 3.8) is 0 Å². The Hall–Kier alpha value is -1.30. The zero-order valence-corrected chi connectivity index (χ0v) is 21.3. The fraction of sp³-hybridized carbons (Fsp3) is 0.920. The highest BCUT2D eigenvalue weighted by atomic mass is 16.7. The third-order valence-corrected chi connectivity index (χ3v) is 5.99. The summed E-state index contributed by atoms with van der Waals surface area (Å²) < 4.78 is 21.6. The fourth-order valence-electron chi connectivity index (χ4n) is 3.77. The number of aliphatic hydroxyl groups is 4. The monoisotopic (exact) mass is 506 g/mol. The van der Waals surface area contributed by atoms with Crippen molar-refractivity contribution >= 4 is 11.9 Å². The summed E-state index contributed by atoms with van der Waals surface area (Å²) >= 11 is 0. The van der Waals surface area contributed by atoms with E-state index in [1.165, 1.54) is 0 Å². The highest BCUT2D eigenvalue weighted by molar-refractivity contribution is 5.70. The van der Waals surface area contributed by atoms with Gasteiger partial charge in [0, 0.05) is 12.8 Å². The van der Waals surface area contributed by atoms with Crippen LogP contribution in [0.3, 0.4) is 0 Å². The van der Waals surface area contributed by atoms with E-state index >= 15 is 0 Å². The molecule has 0 aromatic carbocycles. The lowest BCUT2D eigenvalue weighted by atomic mass is 9.99. The van der Waals surface area contributed by atoms with Crippen molar-refractivity contribution in [3.8, 4) is 0 Å². The van der Waals surface area contributed by atoms with Gasteiger partial charge in [-0.1, -0.05) is 65.2 Å². The number of carbonyl (C=O) groups is 2. The van der Waals surface area contributed by atoms with Gasteiger partial charge in [0.25, 0.3) is 0 Å². The molecule has 10 nitrogen and oxygen atoms in total. The Morgan fingerprint density at radius 1 is 0.771 bits per heavy atom. The minimum atomic E-state index is -1.58. The van der Waals surface area contributed by atoms with Gasteiger partial charge in [-0.15, -0.1) is 0 Å². The summed E-state index contributed by atoms with van der Waals surface area (Å²) in [4.78, 5) is 24.4. The average molecular weight is 507 g/mol. The smallest absolute Gasteiger partial charge is 0.306 e. The quantitative estimate of drug-likeness (QED) is 0.151. The Kier molecular flexibility index (Phi) is 17.1. The van der Waals surface area contributed by atoms with Crippen LogP contribution in [0.5, 0.6) is 0 Å². The fourth-order valence-corrected chi connectivity index (χ4v) is 3.77. The SMILES string of the molecule is CCCCCCCC(=O)OCC(CO[C@@H]1OC(CO)[C@H](O)[C@H](O)C1O)OC(=O)CCCCCCC. The predicted octanol–water partition coefficient (Wildman–Crippen LogP) is 1.98. The van der Waals surface area contributed by atoms with Crippen LogP contribution in [0.15, 0.2) is 0 Å². The Balaban J connectivity index is 2.58. The van der Waals surface area contributed by atoms with Crippen molar-refractivity contribution in [2.75, 3.05) is 19.8 Å². The minimum absolute atomic E-state index is 0.215. The molecule has 4 N–H and O–H groups in total. The Morgan fingerprint density at radius 2 is 1.34 bits per heavy atom. The topological polar surface area (TPSA) is 152 Å². The molecule has 1 heterocycles. The molecule has 0 aromatic rings. The largest absolute Gasteiger partial charge is 0.462 e. The molecule has 3 unspecified atom stereocenters. The van der Waals surface area contributed by atoms with Crippen LogP contribution in [0, 0.1) is 0 Å². The van der Waals surface area contributed by atoms with E-state index in [0.717, 1.165) is 57.8 Å². The van der Waals surface area contributed by atoms with Gasteiger partial charge in [-0.2, -0.15) is 0 Å². The maximum atomic E-state index is 12.3. The molecule has 0 amide bonds. The van der Waals surface area contributed by atoms with Crippen LogP contribution in [0.4, 0.5) is 0 Å². The summed E-state index contributed by atoms with van der Waals surface area (Å²) in [6, 6.07) is 0. The number of ether oxygens (including phenoxy) is 4. The minimum Gasteiger partial charge on any atom is -0.462 e. The molecule has 6 atom stereocenters. The standard InChI is InChI=1S/C25H46O10/c1-3-5-7-9-11-13-20(27)32-16-18(34-21(28)14-12-10-8-6-4-2)17-33-25-24(31)23(30)22(29)19(15-26)35-25/h18-19,22-26,29-31H,3-17H2,1-2H3/t18?,19?,22-,23-,24?,25+/m0/s1. The highest BCUT2D eigenvalue weighted by Crippen LogP contribution is 2.22. The van der Waals surface area contributed by atoms with Gasteiger partial charge in [-0.3, -0.25) is 9.59 Å². The van der Waals surface area contributed by atoms with Crippen LogP contribution in [0.2, 0.25) is 0 Å². The van der Waals surface area contributed by atoms with Crippen molar-refractivity contribution < 1.29 is 49.0 Å². The number of aliphatic hydroxyl groups excluding tert-OH is 4. The van der Waals surface area contributed by atoms with Crippen LogP contribution in [0.25, 0.3) is 0 Å². The van der Waals surface area contributed by atoms with Crippen molar-refractivity contribution in [2.45, 2.75) is 128 Å². The summed E-state index contributed by atoms with van der Waals surface area (Å²) in [6.45, 7) is 3.16. The van der Waals surface area contributed by atoms with Gasteiger partial charge < -0.3 is 39.4 Å². The maximum absolute atomic E-state index is 12.3. The number of rotatable bonds is 19. The van der Waals surface area contributed by atoms with Crippen molar-refractivity contribution in [2.24, 2.45) is 0 Å². The first-order chi connectivity index (χ1) is 16.8. The van der Waals surface area contributed by atoms with E-state index in [0.29, 0.717) is 6.42 Å². The number of carbonyl (C=O) groups excluding carboxylic acids is 2. The van der Waals surface area contributed by atoms with E-state index in [1.54, 1.807) is 0 Å². The third kappa shape index (κ3) is 13.0. The first-order valence-corrected chi connectivity index (χ1v) is 13.1. The van der Waals surface area contributed by atoms with Gasteiger partial charge in [0.2, 0.25) is 0 Å². The summed E-state index contributed by atoms with van der Waals surface area (Å²) in [6.07, 6.45) is 2.26. The van der Waals surface area contributed by atoms with Crippen LogP contribution in [-0.2, 0) is 28.5 Å². The second-order valence-electron chi connectivity index (χ2n) is 9.15. The lowest BCUT2D eigenvalue weighted by Gasteiger charge is -2.39. The molecular weight excluding hydrogens is 460 g/mol. The molecule has 1 rings (SSSR count). The highest BCUT2D eigenvalue weighted by Gasteiger charge is 2.44. The average Bonchev–Trinajstić information content (AvgIpc) is 2.85. The number of hydrogen-bond acceptors (Lipinski definition) is 10. The molecule has 0 saturated carbocycles. The Labute approximate surface area is 208 Å². The lowest BCUT2D eigenvalue weighted by Crippen LogP contribution is -2.59. The molecule has 0 aliphatic carbocycles. The van der Waals surface area contributed by atoms with E-state index in [2.05, 4.69) is 13.8 Å². The molecule has 35 heavy (non-hydrogen) atoms. The molecule has 0 radical (unpaired) electrons. The second-order valence-corrected chi connectivity index (χ2v) is 9.15. The summed E-state index contributed by atoms with van der Waals surface area (Å²) in [5, 5.41) is 39.3. The lowest BCUT2D eigenvalue weighted by molar-refractivity contribution is -0.305. The molecule has 0 bridgehead atoms. The van der Waals surface area contributed by atoms with Crippen LogP contribution in [0.1, 0.15) is 90.9 Å². The van der Waals surface area contributed by atoms with Gasteiger partial charge in [-0.25, -0.2) is 0 Å². The summed E-state index contributed by atoms with van der Waals surface area (Å²) in [7, 11) is 0. The van der Waals surface area contributed by atoms with Gasteiger partial charge in [-0.05, 0) is 12.8 Å². The molecule has 1 saturated heterocycles. The predicted molar refractivity (Wildman–Crippen MR) is 127 cm³/mol. The van der Waals surface area contributed by atoms with E-state index in [4.69, 9.17) is 18.9 Å². The first kappa shape index (κ1) is 31.7. The van der Waals surface area contributed by atoms with Gasteiger partial charge >= 0.3 is 11.9 Å². The van der Waals surface area contributed by atoms with E-state index in [1.807, 2.05) is 0 Å². The van der Waals surface area contributed by atoms with Crippen LogP contribution >= 0.6 is 0 Å². The normalized spacial score (nSPS) is 25.3. The van der Waals surface area contributed by atoms with E-state index in [9.17, 15) is 30.0 Å². The summed E-state index contributed by atoms with van der Waals surface area (Å²) in [5.41, 5.74) is 0. The number of esters is 2. The number of hydrogen-bond donors (Lipinski definition) is 4. The van der Waals surface area contributed by atoms with Crippen molar-refractivity contribution in [3.05, 3.63) is 0 Å². The first-order valence-electron chi connectivity index (χ1n) is 13.1. The third-order valence-electron chi connectivity index (χ3n) is 5.99. The zero-order valence-electron chi connectivity index (χ0n) is 21.3. The molecule has 1 aliphatic rings. The Bertz CT molecular complexity index is 570. The second kappa shape index (κ2) is 18.9. The van der Waals surface area contributed by atoms with E-state index < -0.39 is 55.4 Å². The van der Waals surface area contributed by atoms with E-state index in [-0.39, 0.29) is 26.1 Å². The van der Waals surface area contributed by atoms with Gasteiger partial charge in [0.1, 0.15) is 31.0 Å².